The van der Waals surface area contributed by atoms with Gasteiger partial charge in [0.1, 0.15) is 12.3 Å². The highest BCUT2D eigenvalue weighted by Crippen LogP contribution is 2.40. The van der Waals surface area contributed by atoms with Crippen LogP contribution in [0, 0.1) is 5.92 Å². The summed E-state index contributed by atoms with van der Waals surface area (Å²) >= 11 is 1.51. The van der Waals surface area contributed by atoms with Crippen LogP contribution in [0.15, 0.2) is 52.3 Å². The second-order valence-corrected chi connectivity index (χ2v) is 12.5. The summed E-state index contributed by atoms with van der Waals surface area (Å²) in [6.45, 7) is 4.81. The molecule has 1 fully saturated rings. The Kier molecular flexibility index (Phi) is 7.73. The number of rotatable bonds is 6. The van der Waals surface area contributed by atoms with Gasteiger partial charge in [-0.05, 0) is 49.1 Å². The number of para-hydroxylation sites is 2. The van der Waals surface area contributed by atoms with E-state index < -0.39 is 15.9 Å². The highest BCUT2D eigenvalue weighted by Gasteiger charge is 2.32. The lowest BCUT2D eigenvalue weighted by Gasteiger charge is -2.30. The van der Waals surface area contributed by atoms with Gasteiger partial charge in [-0.3, -0.25) is 9.59 Å². The summed E-state index contributed by atoms with van der Waals surface area (Å²) in [5, 5.41) is 2.80. The minimum absolute atomic E-state index is 0.00503. The topological polar surface area (TPSA) is 96.0 Å². The number of carbonyl (C=O) groups excluding carboxylic acids is 2. The van der Waals surface area contributed by atoms with E-state index in [0.717, 1.165) is 17.7 Å². The lowest BCUT2D eigenvalue weighted by atomic mass is 10.0. The van der Waals surface area contributed by atoms with Gasteiger partial charge in [0.15, 0.2) is 0 Å². The van der Waals surface area contributed by atoms with Crippen LogP contribution >= 0.6 is 11.8 Å². The molecule has 2 aromatic carbocycles. The van der Waals surface area contributed by atoms with Crippen LogP contribution in [0.1, 0.15) is 33.1 Å². The van der Waals surface area contributed by atoms with Crippen molar-refractivity contribution in [1.82, 2.24) is 4.31 Å². The fourth-order valence-corrected chi connectivity index (χ4v) is 6.93. The summed E-state index contributed by atoms with van der Waals surface area (Å²) < 4.78 is 33.6. The van der Waals surface area contributed by atoms with E-state index in [1.807, 2.05) is 6.92 Å². The van der Waals surface area contributed by atoms with Crippen molar-refractivity contribution in [2.24, 2.45) is 5.92 Å². The molecule has 4 rings (SSSR count). The quantitative estimate of drug-likeness (QED) is 0.623. The number of fused-ring (bicyclic) bond motifs is 1. The van der Waals surface area contributed by atoms with E-state index in [2.05, 4.69) is 12.2 Å². The Labute approximate surface area is 211 Å². The first kappa shape index (κ1) is 25.5. The summed E-state index contributed by atoms with van der Waals surface area (Å²) in [6.07, 6.45) is 1.89. The second kappa shape index (κ2) is 10.6. The van der Waals surface area contributed by atoms with Crippen LogP contribution in [0.5, 0.6) is 5.75 Å². The number of anilines is 2. The number of nitrogens with zero attached hydrogens (tertiary/aromatic N) is 2. The van der Waals surface area contributed by atoms with E-state index in [-0.39, 0.29) is 29.0 Å². The maximum atomic E-state index is 13.4. The number of carbonyl (C=O) groups is 2. The number of sulfonamides is 1. The van der Waals surface area contributed by atoms with Gasteiger partial charge in [0.2, 0.25) is 21.8 Å². The van der Waals surface area contributed by atoms with Crippen molar-refractivity contribution in [3.63, 3.8) is 0 Å². The fourth-order valence-electron chi connectivity index (χ4n) is 4.35. The van der Waals surface area contributed by atoms with Crippen molar-refractivity contribution in [1.29, 1.82) is 0 Å². The average Bonchev–Trinajstić information content (AvgIpc) is 2.94. The number of nitrogens with one attached hydrogen (secondary N) is 1. The van der Waals surface area contributed by atoms with Gasteiger partial charge in [0.05, 0.1) is 23.4 Å². The molecule has 0 spiro atoms. The summed E-state index contributed by atoms with van der Waals surface area (Å²) in [5.74, 6) is 0.394. The summed E-state index contributed by atoms with van der Waals surface area (Å²) in [5.41, 5.74) is 0.951. The molecular weight excluding hydrogens is 486 g/mol. The Balaban J connectivity index is 1.64. The van der Waals surface area contributed by atoms with Crippen LogP contribution in [-0.4, -0.2) is 56.5 Å². The third kappa shape index (κ3) is 5.65. The number of amides is 2. The van der Waals surface area contributed by atoms with Gasteiger partial charge in [-0.2, -0.15) is 4.31 Å². The molecule has 0 radical (unpaired) electrons. The first-order valence-corrected chi connectivity index (χ1v) is 14.0. The van der Waals surface area contributed by atoms with Gasteiger partial charge >= 0.3 is 0 Å². The third-order valence-corrected chi connectivity index (χ3v) is 9.44. The molecule has 0 aliphatic carbocycles. The smallest absolute Gasteiger partial charge is 0.244 e. The van der Waals surface area contributed by atoms with Gasteiger partial charge < -0.3 is 15.0 Å². The second-order valence-electron chi connectivity index (χ2n) is 9.08. The molecule has 2 heterocycles. The Bertz CT molecular complexity index is 1210. The maximum absolute atomic E-state index is 13.4. The van der Waals surface area contributed by atoms with Gasteiger partial charge in [-0.15, -0.1) is 11.8 Å². The van der Waals surface area contributed by atoms with Crippen molar-refractivity contribution in [2.75, 3.05) is 37.0 Å². The predicted octanol–water partition coefficient (Wildman–Crippen LogP) is 3.97. The van der Waals surface area contributed by atoms with Crippen molar-refractivity contribution in [3.05, 3.63) is 42.5 Å². The van der Waals surface area contributed by atoms with Gasteiger partial charge in [0, 0.05) is 29.7 Å². The number of hydrogen-bond acceptors (Lipinski definition) is 6. The number of piperidine rings is 1. The van der Waals surface area contributed by atoms with Crippen LogP contribution < -0.4 is 15.0 Å². The lowest BCUT2D eigenvalue weighted by molar-refractivity contribution is -0.121. The van der Waals surface area contributed by atoms with Crippen molar-refractivity contribution >= 4 is 45.0 Å². The van der Waals surface area contributed by atoms with Crippen LogP contribution in [-0.2, 0) is 19.6 Å². The molecule has 8 nitrogen and oxygen atoms in total. The van der Waals surface area contributed by atoms with Crippen LogP contribution in [0.3, 0.4) is 0 Å². The van der Waals surface area contributed by atoms with Crippen LogP contribution in [0.4, 0.5) is 11.4 Å². The Morgan fingerprint density at radius 3 is 2.57 bits per heavy atom. The van der Waals surface area contributed by atoms with E-state index in [9.17, 15) is 18.0 Å². The van der Waals surface area contributed by atoms with E-state index in [4.69, 9.17) is 4.74 Å². The van der Waals surface area contributed by atoms with E-state index in [1.54, 1.807) is 42.5 Å². The molecule has 35 heavy (non-hydrogen) atoms. The molecule has 2 aromatic rings. The molecule has 188 valence electrons. The monoisotopic (exact) mass is 517 g/mol. The molecule has 1 N–H and O–H groups in total. The molecule has 0 aromatic heterocycles. The normalized spacial score (nSPS) is 19.7. The highest BCUT2D eigenvalue weighted by atomic mass is 32.2. The fraction of sp³-hybridized carbons (Fsp3) is 0.440. The SMILES string of the molecule is COc1ccccc1NC(=O)CN1C(=O)CC(C)Sc2ccc(S(=O)(=O)N3CCC(C)CC3)cc21. The van der Waals surface area contributed by atoms with E-state index in [1.165, 1.54) is 28.1 Å². The van der Waals surface area contributed by atoms with Crippen LogP contribution in [0.2, 0.25) is 0 Å². The minimum atomic E-state index is -3.70. The molecule has 1 atom stereocenters. The number of methoxy groups -OCH3 is 1. The Hall–Kier alpha value is -2.56. The van der Waals surface area contributed by atoms with Gasteiger partial charge in [-0.1, -0.05) is 26.0 Å². The Morgan fingerprint density at radius 1 is 1.14 bits per heavy atom. The number of ether oxygens (including phenoxy) is 1. The molecule has 2 aliphatic rings. The largest absolute Gasteiger partial charge is 0.495 e. The molecule has 1 saturated heterocycles. The van der Waals surface area contributed by atoms with E-state index in [0.29, 0.717) is 36.1 Å². The van der Waals surface area contributed by atoms with Crippen molar-refractivity contribution < 1.29 is 22.7 Å². The molecule has 0 bridgehead atoms. The van der Waals surface area contributed by atoms with Crippen molar-refractivity contribution in [2.45, 2.75) is 48.2 Å². The summed E-state index contributed by atoms with van der Waals surface area (Å²) in [4.78, 5) is 28.4. The summed E-state index contributed by atoms with van der Waals surface area (Å²) in [6, 6.07) is 11.9. The van der Waals surface area contributed by atoms with E-state index >= 15 is 0 Å². The first-order valence-electron chi connectivity index (χ1n) is 11.7. The highest BCUT2D eigenvalue weighted by molar-refractivity contribution is 8.00. The summed E-state index contributed by atoms with van der Waals surface area (Å²) in [7, 11) is -2.19. The molecule has 2 aliphatic heterocycles. The average molecular weight is 518 g/mol. The number of benzene rings is 2. The van der Waals surface area contributed by atoms with Gasteiger partial charge in [-0.25, -0.2) is 8.42 Å². The number of hydrogen-bond donors (Lipinski definition) is 1. The van der Waals surface area contributed by atoms with Crippen LogP contribution in [0.25, 0.3) is 0 Å². The molecule has 1 unspecified atom stereocenters. The standard InChI is InChI=1S/C25H31N3O5S2/c1-17-10-12-27(13-11-17)35(31,32)19-8-9-23-21(15-19)28(25(30)14-18(2)34-23)16-24(29)26-20-6-4-5-7-22(20)33-3/h4-9,15,17-18H,10-14,16H2,1-3H3,(H,26,29). The minimum Gasteiger partial charge on any atom is -0.495 e. The zero-order valence-corrected chi connectivity index (χ0v) is 21.8. The Morgan fingerprint density at radius 2 is 1.86 bits per heavy atom. The maximum Gasteiger partial charge on any atom is 0.244 e. The predicted molar refractivity (Wildman–Crippen MR) is 138 cm³/mol. The molecule has 2 amide bonds. The van der Waals surface area contributed by atoms with Gasteiger partial charge in [0.25, 0.3) is 0 Å². The first-order chi connectivity index (χ1) is 16.7. The molecular formula is C25H31N3O5S2. The van der Waals surface area contributed by atoms with Crippen molar-refractivity contribution in [3.8, 4) is 5.75 Å². The zero-order chi connectivity index (χ0) is 25.2. The molecule has 0 saturated carbocycles. The number of thioether (sulfide) groups is 1. The zero-order valence-electron chi connectivity index (χ0n) is 20.2. The molecule has 10 heteroatoms. The lowest BCUT2D eigenvalue weighted by Crippen LogP contribution is -2.39. The third-order valence-electron chi connectivity index (χ3n) is 6.38.